The minimum atomic E-state index is -0.363. The van der Waals surface area contributed by atoms with Gasteiger partial charge in [0.25, 0.3) is 5.56 Å². The van der Waals surface area contributed by atoms with Crippen LogP contribution in [0.2, 0.25) is 0 Å². The quantitative estimate of drug-likeness (QED) is 0.509. The molecule has 0 amide bonds. The molecule has 2 aromatic carbocycles. The Labute approximate surface area is 169 Å². The van der Waals surface area contributed by atoms with Crippen molar-refractivity contribution in [3.05, 3.63) is 63.9 Å². The summed E-state index contributed by atoms with van der Waals surface area (Å²) in [6.07, 6.45) is 1.48. The second-order valence-corrected chi connectivity index (χ2v) is 6.75. The number of pyridine rings is 1. The standard InChI is InChI=1S/C20H16N4O4S/c1-27-16-8-7-12(9-17(16)28-2)24-18(25)14-6-4-3-5-13(14)15(19(24)26)10-21-20-23-22-11-29-20/h3-11,26H,1-2H3. The molecule has 0 radical (unpaired) electrons. The first-order chi connectivity index (χ1) is 14.1. The molecule has 146 valence electrons. The summed E-state index contributed by atoms with van der Waals surface area (Å²) in [5.74, 6) is 0.713. The molecule has 0 saturated heterocycles. The van der Waals surface area contributed by atoms with Crippen molar-refractivity contribution in [1.29, 1.82) is 0 Å². The Morgan fingerprint density at radius 1 is 1.10 bits per heavy atom. The lowest BCUT2D eigenvalue weighted by Crippen LogP contribution is -2.20. The first kappa shape index (κ1) is 18.6. The number of fused-ring (bicyclic) bond motifs is 1. The number of hydrogen-bond donors (Lipinski definition) is 1. The lowest BCUT2D eigenvalue weighted by molar-refractivity contribution is 0.354. The van der Waals surface area contributed by atoms with Crippen LogP contribution in [0.15, 0.2) is 57.8 Å². The van der Waals surface area contributed by atoms with E-state index in [1.54, 1.807) is 48.0 Å². The molecule has 2 aromatic heterocycles. The van der Waals surface area contributed by atoms with Crippen LogP contribution in [0.3, 0.4) is 0 Å². The highest BCUT2D eigenvalue weighted by molar-refractivity contribution is 7.13. The summed E-state index contributed by atoms with van der Waals surface area (Å²) in [7, 11) is 3.03. The number of methoxy groups -OCH3 is 2. The zero-order chi connectivity index (χ0) is 20.4. The van der Waals surface area contributed by atoms with Gasteiger partial charge in [0.15, 0.2) is 11.5 Å². The average Bonchev–Trinajstić information content (AvgIpc) is 3.27. The fourth-order valence-electron chi connectivity index (χ4n) is 3.04. The van der Waals surface area contributed by atoms with Gasteiger partial charge in [-0.15, -0.1) is 10.2 Å². The molecule has 0 spiro atoms. The van der Waals surface area contributed by atoms with Crippen LogP contribution < -0.4 is 15.0 Å². The van der Waals surface area contributed by atoms with Gasteiger partial charge in [0.1, 0.15) is 5.51 Å². The van der Waals surface area contributed by atoms with Gasteiger partial charge in [0.05, 0.1) is 25.5 Å². The van der Waals surface area contributed by atoms with E-state index < -0.39 is 0 Å². The lowest BCUT2D eigenvalue weighted by Gasteiger charge is -2.15. The average molecular weight is 408 g/mol. The fraction of sp³-hybridized carbons (Fsp3) is 0.100. The summed E-state index contributed by atoms with van der Waals surface area (Å²) in [5, 5.41) is 20.1. The molecule has 0 aliphatic rings. The van der Waals surface area contributed by atoms with Gasteiger partial charge in [-0.1, -0.05) is 29.5 Å². The summed E-state index contributed by atoms with van der Waals surface area (Å²) in [6.45, 7) is 0. The number of ether oxygens (including phenoxy) is 2. The first-order valence-electron chi connectivity index (χ1n) is 8.53. The van der Waals surface area contributed by atoms with E-state index >= 15 is 0 Å². The monoisotopic (exact) mass is 408 g/mol. The zero-order valence-electron chi connectivity index (χ0n) is 15.6. The third-order valence-corrected chi connectivity index (χ3v) is 4.98. The normalized spacial score (nSPS) is 11.2. The van der Waals surface area contributed by atoms with Gasteiger partial charge in [0, 0.05) is 23.1 Å². The van der Waals surface area contributed by atoms with Gasteiger partial charge >= 0.3 is 0 Å². The highest BCUT2D eigenvalue weighted by Gasteiger charge is 2.17. The molecule has 9 heteroatoms. The molecule has 0 unspecified atom stereocenters. The molecule has 0 bridgehead atoms. The number of benzene rings is 2. The maximum Gasteiger partial charge on any atom is 0.265 e. The third-order valence-electron chi connectivity index (χ3n) is 4.38. The van der Waals surface area contributed by atoms with Gasteiger partial charge in [-0.25, -0.2) is 9.56 Å². The largest absolute Gasteiger partial charge is 0.494 e. The summed E-state index contributed by atoms with van der Waals surface area (Å²) in [5.41, 5.74) is 2.03. The molecule has 29 heavy (non-hydrogen) atoms. The Balaban J connectivity index is 1.99. The highest BCUT2D eigenvalue weighted by Crippen LogP contribution is 2.32. The third kappa shape index (κ3) is 3.32. The molecule has 4 rings (SSSR count). The number of rotatable bonds is 5. The van der Waals surface area contributed by atoms with Crippen LogP contribution in [-0.4, -0.2) is 40.3 Å². The number of nitrogens with zero attached hydrogens (tertiary/aromatic N) is 4. The molecule has 0 atom stereocenters. The van der Waals surface area contributed by atoms with Gasteiger partial charge in [-0.3, -0.25) is 4.79 Å². The molecule has 0 aliphatic heterocycles. The molecular formula is C20H16N4O4S. The molecule has 1 N–H and O–H groups in total. The smallest absolute Gasteiger partial charge is 0.265 e. The Morgan fingerprint density at radius 2 is 1.86 bits per heavy atom. The van der Waals surface area contributed by atoms with E-state index in [1.807, 2.05) is 0 Å². The highest BCUT2D eigenvalue weighted by atomic mass is 32.1. The van der Waals surface area contributed by atoms with Crippen molar-refractivity contribution in [2.45, 2.75) is 0 Å². The van der Waals surface area contributed by atoms with Crippen LogP contribution in [0.25, 0.3) is 16.5 Å². The van der Waals surface area contributed by atoms with E-state index in [1.165, 1.54) is 36.3 Å². The fourth-order valence-corrected chi connectivity index (χ4v) is 3.43. The van der Waals surface area contributed by atoms with Gasteiger partial charge in [-0.2, -0.15) is 0 Å². The molecule has 0 saturated carbocycles. The summed E-state index contributed by atoms with van der Waals surface area (Å²) in [4.78, 5) is 17.4. The Hall–Kier alpha value is -3.72. The van der Waals surface area contributed by atoms with Crippen molar-refractivity contribution < 1.29 is 14.6 Å². The summed E-state index contributed by atoms with van der Waals surface area (Å²) >= 11 is 1.27. The van der Waals surface area contributed by atoms with Gasteiger partial charge in [-0.05, 0) is 18.2 Å². The van der Waals surface area contributed by atoms with Crippen molar-refractivity contribution >= 4 is 33.5 Å². The van der Waals surface area contributed by atoms with Crippen molar-refractivity contribution in [1.82, 2.24) is 14.8 Å². The second-order valence-electron chi connectivity index (χ2n) is 5.94. The van der Waals surface area contributed by atoms with E-state index in [2.05, 4.69) is 15.2 Å². The van der Waals surface area contributed by atoms with E-state index in [0.717, 1.165) is 0 Å². The second kappa shape index (κ2) is 7.72. The van der Waals surface area contributed by atoms with Crippen LogP contribution in [0, 0.1) is 0 Å². The maximum absolute atomic E-state index is 13.2. The van der Waals surface area contributed by atoms with Crippen LogP contribution in [-0.2, 0) is 0 Å². The van der Waals surface area contributed by atoms with E-state index in [9.17, 15) is 9.90 Å². The molecule has 4 aromatic rings. The Kier molecular flexibility index (Phi) is 4.96. The Morgan fingerprint density at radius 3 is 2.55 bits per heavy atom. The van der Waals surface area contributed by atoms with Crippen LogP contribution in [0.1, 0.15) is 5.56 Å². The molecule has 2 heterocycles. The predicted molar refractivity (Wildman–Crippen MR) is 111 cm³/mol. The van der Waals surface area contributed by atoms with E-state index in [4.69, 9.17) is 9.47 Å². The minimum Gasteiger partial charge on any atom is -0.494 e. The number of hydrogen-bond acceptors (Lipinski definition) is 8. The lowest BCUT2D eigenvalue weighted by atomic mass is 10.1. The van der Waals surface area contributed by atoms with Gasteiger partial charge < -0.3 is 14.6 Å². The van der Waals surface area contributed by atoms with Crippen molar-refractivity contribution in [3.63, 3.8) is 0 Å². The van der Waals surface area contributed by atoms with Crippen LogP contribution in [0.5, 0.6) is 17.4 Å². The maximum atomic E-state index is 13.2. The minimum absolute atomic E-state index is 0.241. The molecular weight excluding hydrogens is 392 g/mol. The topological polar surface area (TPSA) is 98.8 Å². The van der Waals surface area contributed by atoms with E-state index in [-0.39, 0.29) is 11.4 Å². The van der Waals surface area contributed by atoms with Crippen LogP contribution >= 0.6 is 11.3 Å². The Bertz CT molecular complexity index is 1270. The first-order valence-corrected chi connectivity index (χ1v) is 9.41. The predicted octanol–water partition coefficient (Wildman–Crippen LogP) is 3.32. The van der Waals surface area contributed by atoms with Gasteiger partial charge in [0.2, 0.25) is 11.0 Å². The van der Waals surface area contributed by atoms with Crippen molar-refractivity contribution in [2.75, 3.05) is 14.2 Å². The number of aliphatic imine (C=N–C) groups is 1. The zero-order valence-corrected chi connectivity index (χ0v) is 16.4. The molecule has 8 nitrogen and oxygen atoms in total. The summed E-state index contributed by atoms with van der Waals surface area (Å²) in [6, 6.07) is 12.0. The summed E-state index contributed by atoms with van der Waals surface area (Å²) < 4.78 is 11.8. The van der Waals surface area contributed by atoms with Crippen molar-refractivity contribution in [2.24, 2.45) is 4.99 Å². The number of aromatic hydroxyl groups is 1. The molecule has 0 aliphatic carbocycles. The van der Waals surface area contributed by atoms with Crippen LogP contribution in [0.4, 0.5) is 5.13 Å². The van der Waals surface area contributed by atoms with E-state index in [0.29, 0.717) is 38.7 Å². The number of aromatic nitrogens is 3. The molecule has 0 fully saturated rings. The SMILES string of the molecule is COc1ccc(-n2c(O)c(C=Nc3nncs3)c3ccccc3c2=O)cc1OC. The van der Waals surface area contributed by atoms with Crippen molar-refractivity contribution in [3.8, 4) is 23.1 Å².